The van der Waals surface area contributed by atoms with E-state index >= 15 is 0 Å². The molecule has 3 nitrogen and oxygen atoms in total. The Morgan fingerprint density at radius 2 is 0.926 bits per heavy atom. The lowest BCUT2D eigenvalue weighted by Gasteiger charge is -2.26. The van der Waals surface area contributed by atoms with Crippen LogP contribution in [0.2, 0.25) is 0 Å². The number of hydrogen-bond acceptors (Lipinski definition) is 3. The number of benzene rings is 10. The Bertz CT molecular complexity index is 2950. The average molecular weight is 694 g/mol. The molecule has 0 bridgehead atoms. The lowest BCUT2D eigenvalue weighted by atomic mass is 9.89. The molecule has 0 fully saturated rings. The molecule has 0 saturated heterocycles. The third kappa shape index (κ3) is 5.67. The quantitative estimate of drug-likeness (QED) is 0.0843. The van der Waals surface area contributed by atoms with E-state index in [1.807, 2.05) is 18.2 Å². The van der Waals surface area contributed by atoms with Gasteiger partial charge in [0.1, 0.15) is 0 Å². The van der Waals surface area contributed by atoms with Gasteiger partial charge in [0, 0.05) is 6.54 Å². The van der Waals surface area contributed by atoms with E-state index in [0.29, 0.717) is 6.54 Å². The Labute approximate surface area is 314 Å². The highest BCUT2D eigenvalue weighted by atomic mass is 15.2. The highest BCUT2D eigenvalue weighted by Crippen LogP contribution is 2.40. The van der Waals surface area contributed by atoms with Gasteiger partial charge in [0.25, 0.3) is 0 Å². The first-order chi connectivity index (χ1) is 26.7. The lowest BCUT2D eigenvalue weighted by Crippen LogP contribution is -2.39. The predicted octanol–water partition coefficient (Wildman–Crippen LogP) is 12.3. The third-order valence-corrected chi connectivity index (χ3v) is 11.1. The Kier molecular flexibility index (Phi) is 8.11. The van der Waals surface area contributed by atoms with Crippen LogP contribution in [-0.4, -0.2) is 0 Å². The molecule has 10 aromatic rings. The summed E-state index contributed by atoms with van der Waals surface area (Å²) in [5.74, 6) is 0. The molecule has 0 aliphatic heterocycles. The standard InChI is InChI=1S/C51H39N3/c52-50(36-13-2-1-3-14-36)54-51(38-27-28-45-43-20-9-8-18-41(43)42-19-10-11-21-44(42)48(45)31-38)53-32-33-22-24-35(25-23-33)49-40-17-7-5-15-37(40)30-47-39-16-6-4-12-34(39)26-29-46(47)49/h1-31,50-51,53-54H,32,52H2. The number of hydrogen-bond donors (Lipinski definition) is 3. The summed E-state index contributed by atoms with van der Waals surface area (Å²) in [5, 5.41) is 22.8. The molecular formula is C51H39N3. The molecule has 2 unspecified atom stereocenters. The number of nitrogens with two attached hydrogens (primary N) is 1. The van der Waals surface area contributed by atoms with Gasteiger partial charge in [-0.15, -0.1) is 0 Å². The van der Waals surface area contributed by atoms with Gasteiger partial charge in [-0.05, 0) is 105 Å². The average Bonchev–Trinajstić information content (AvgIpc) is 3.24. The van der Waals surface area contributed by atoms with Crippen molar-refractivity contribution < 1.29 is 0 Å². The molecular weight excluding hydrogens is 655 g/mol. The van der Waals surface area contributed by atoms with Gasteiger partial charge in [-0.2, -0.15) is 0 Å². The molecule has 0 amide bonds. The predicted molar refractivity (Wildman–Crippen MR) is 229 cm³/mol. The zero-order valence-electron chi connectivity index (χ0n) is 29.8. The monoisotopic (exact) mass is 693 g/mol. The second kappa shape index (κ2) is 13.6. The summed E-state index contributed by atoms with van der Waals surface area (Å²) in [6.45, 7) is 0.664. The van der Waals surface area contributed by atoms with E-state index in [0.717, 1.165) is 11.1 Å². The first kappa shape index (κ1) is 32.3. The molecule has 0 radical (unpaired) electrons. The SMILES string of the molecule is NC(NC(NCc1ccc(-c2c3ccccc3cc3c2ccc2ccccc23)cc1)c1ccc2c3ccccc3c3ccccc3c2c1)c1ccccc1. The molecule has 0 aliphatic rings. The summed E-state index contributed by atoms with van der Waals surface area (Å²) in [7, 11) is 0. The molecule has 2 atom stereocenters. The van der Waals surface area contributed by atoms with Gasteiger partial charge in [0.15, 0.2) is 0 Å². The zero-order valence-corrected chi connectivity index (χ0v) is 29.8. The van der Waals surface area contributed by atoms with E-state index < -0.39 is 0 Å². The first-order valence-corrected chi connectivity index (χ1v) is 18.8. The topological polar surface area (TPSA) is 50.1 Å². The Morgan fingerprint density at radius 3 is 1.63 bits per heavy atom. The summed E-state index contributed by atoms with van der Waals surface area (Å²) in [4.78, 5) is 0. The molecule has 0 aromatic heterocycles. The van der Waals surface area contributed by atoms with E-state index in [1.54, 1.807) is 0 Å². The van der Waals surface area contributed by atoms with Crippen molar-refractivity contribution >= 4 is 64.6 Å². The van der Waals surface area contributed by atoms with Crippen molar-refractivity contribution in [1.82, 2.24) is 10.6 Å². The molecule has 258 valence electrons. The van der Waals surface area contributed by atoms with Gasteiger partial charge in [0.2, 0.25) is 0 Å². The zero-order chi connectivity index (χ0) is 36.0. The van der Waals surface area contributed by atoms with Crippen LogP contribution < -0.4 is 16.4 Å². The lowest BCUT2D eigenvalue weighted by molar-refractivity contribution is 0.386. The number of nitrogens with one attached hydrogen (secondary N) is 2. The van der Waals surface area contributed by atoms with E-state index in [1.165, 1.54) is 81.3 Å². The van der Waals surface area contributed by atoms with Gasteiger partial charge < -0.3 is 5.73 Å². The fraction of sp³-hybridized carbons (Fsp3) is 0.0588. The van der Waals surface area contributed by atoms with Crippen LogP contribution in [0.4, 0.5) is 0 Å². The van der Waals surface area contributed by atoms with Gasteiger partial charge in [-0.1, -0.05) is 176 Å². The number of rotatable bonds is 8. The van der Waals surface area contributed by atoms with Crippen molar-refractivity contribution in [3.63, 3.8) is 0 Å². The highest BCUT2D eigenvalue weighted by molar-refractivity contribution is 6.25. The van der Waals surface area contributed by atoms with Gasteiger partial charge in [-0.25, -0.2) is 0 Å². The highest BCUT2D eigenvalue weighted by Gasteiger charge is 2.18. The van der Waals surface area contributed by atoms with Crippen molar-refractivity contribution in [1.29, 1.82) is 0 Å². The minimum absolute atomic E-state index is 0.204. The van der Waals surface area contributed by atoms with Crippen molar-refractivity contribution in [2.24, 2.45) is 5.73 Å². The van der Waals surface area contributed by atoms with Gasteiger partial charge in [-0.3, -0.25) is 10.6 Å². The van der Waals surface area contributed by atoms with Crippen molar-refractivity contribution in [2.75, 3.05) is 0 Å². The molecule has 54 heavy (non-hydrogen) atoms. The van der Waals surface area contributed by atoms with E-state index in [4.69, 9.17) is 5.73 Å². The van der Waals surface area contributed by atoms with Crippen LogP contribution >= 0.6 is 0 Å². The maximum absolute atomic E-state index is 6.84. The van der Waals surface area contributed by atoms with Crippen LogP contribution in [0.25, 0.3) is 75.8 Å². The summed E-state index contributed by atoms with van der Waals surface area (Å²) < 4.78 is 0. The molecule has 0 saturated carbocycles. The molecule has 0 spiro atoms. The normalized spacial score (nSPS) is 13.0. The number of fused-ring (bicyclic) bond motifs is 10. The molecule has 3 heteroatoms. The van der Waals surface area contributed by atoms with Crippen LogP contribution in [-0.2, 0) is 6.54 Å². The second-order valence-electron chi connectivity index (χ2n) is 14.3. The smallest absolute Gasteiger partial charge is 0.0852 e. The van der Waals surface area contributed by atoms with Crippen molar-refractivity contribution in [3.05, 3.63) is 205 Å². The van der Waals surface area contributed by atoms with Crippen LogP contribution in [0.15, 0.2) is 188 Å². The Hall–Kier alpha value is -6.36. The maximum atomic E-state index is 6.84. The van der Waals surface area contributed by atoms with Crippen LogP contribution in [0, 0.1) is 0 Å². The minimum atomic E-state index is -0.356. The summed E-state index contributed by atoms with van der Waals surface area (Å²) in [6.07, 6.45) is -0.560. The van der Waals surface area contributed by atoms with Crippen molar-refractivity contribution in [3.8, 4) is 11.1 Å². The van der Waals surface area contributed by atoms with Crippen LogP contribution in [0.5, 0.6) is 0 Å². The Balaban J connectivity index is 1.02. The minimum Gasteiger partial charge on any atom is -0.312 e. The van der Waals surface area contributed by atoms with Crippen LogP contribution in [0.1, 0.15) is 29.0 Å². The summed E-state index contributed by atoms with van der Waals surface area (Å²) in [5.41, 5.74) is 12.7. The van der Waals surface area contributed by atoms with E-state index in [9.17, 15) is 0 Å². The molecule has 0 aliphatic carbocycles. The molecule has 10 rings (SSSR count). The van der Waals surface area contributed by atoms with Gasteiger partial charge >= 0.3 is 0 Å². The summed E-state index contributed by atoms with van der Waals surface area (Å²) in [6, 6.07) is 67.9. The van der Waals surface area contributed by atoms with Gasteiger partial charge in [0.05, 0.1) is 12.3 Å². The second-order valence-corrected chi connectivity index (χ2v) is 14.3. The third-order valence-electron chi connectivity index (χ3n) is 11.1. The maximum Gasteiger partial charge on any atom is 0.0852 e. The molecule has 10 aromatic carbocycles. The molecule has 4 N–H and O–H groups in total. The van der Waals surface area contributed by atoms with Crippen molar-refractivity contribution in [2.45, 2.75) is 18.9 Å². The summed E-state index contributed by atoms with van der Waals surface area (Å²) >= 11 is 0. The fourth-order valence-electron chi connectivity index (χ4n) is 8.45. The fourth-order valence-corrected chi connectivity index (χ4v) is 8.45. The Morgan fingerprint density at radius 1 is 0.389 bits per heavy atom. The first-order valence-electron chi connectivity index (χ1n) is 18.8. The molecule has 0 heterocycles. The van der Waals surface area contributed by atoms with E-state index in [-0.39, 0.29) is 12.3 Å². The largest absolute Gasteiger partial charge is 0.312 e. The van der Waals surface area contributed by atoms with Crippen LogP contribution in [0.3, 0.4) is 0 Å². The van der Waals surface area contributed by atoms with E-state index in [2.05, 4.69) is 180 Å².